The van der Waals surface area contributed by atoms with Crippen molar-refractivity contribution in [3.05, 3.63) is 104 Å². The fourth-order valence-electron chi connectivity index (χ4n) is 6.19. The van der Waals surface area contributed by atoms with Gasteiger partial charge in [0.05, 0.1) is 23.8 Å². The topological polar surface area (TPSA) is 142 Å². The number of nitrogens with one attached hydrogen (secondary N) is 2. The Morgan fingerprint density at radius 2 is 1.78 bits per heavy atom. The highest BCUT2D eigenvalue weighted by Gasteiger charge is 2.49. The van der Waals surface area contributed by atoms with E-state index < -0.39 is 64.3 Å². The molecule has 1 aliphatic heterocycles. The number of carboxylic acids is 1. The van der Waals surface area contributed by atoms with Crippen LogP contribution in [-0.4, -0.2) is 54.5 Å². The van der Waals surface area contributed by atoms with E-state index in [0.717, 1.165) is 37.3 Å². The minimum atomic E-state index is -3.65. The molecule has 3 N–H and O–H groups in total. The maximum absolute atomic E-state index is 14.4. The molecule has 5 rings (SSSR count). The highest BCUT2D eigenvalue weighted by Crippen LogP contribution is 2.47. The van der Waals surface area contributed by atoms with Gasteiger partial charge in [0, 0.05) is 33.3 Å². The minimum absolute atomic E-state index is 0.0924. The van der Waals surface area contributed by atoms with Crippen LogP contribution in [-0.2, 0) is 26.3 Å². The molecule has 1 heterocycles. The maximum Gasteiger partial charge on any atom is 0.335 e. The number of hydroxylamine groups is 1. The number of hydrogen-bond donors (Lipinski definition) is 3. The van der Waals surface area contributed by atoms with Crippen LogP contribution in [0.25, 0.3) is 0 Å². The van der Waals surface area contributed by atoms with E-state index in [4.69, 9.17) is 28.0 Å². The summed E-state index contributed by atoms with van der Waals surface area (Å²) < 4.78 is 41.8. The van der Waals surface area contributed by atoms with Crippen molar-refractivity contribution in [1.29, 1.82) is 0 Å². The number of carbonyl (C=O) groups excluding carboxylic acids is 2. The third-order valence-electron chi connectivity index (χ3n) is 8.09. The Hall–Kier alpha value is -3.55. The van der Waals surface area contributed by atoms with Gasteiger partial charge in [-0.15, -0.1) is 0 Å². The molecule has 1 aliphatic carbocycles. The minimum Gasteiger partial charge on any atom is -0.478 e. The summed E-state index contributed by atoms with van der Waals surface area (Å²) in [5.74, 6) is -4.16. The van der Waals surface area contributed by atoms with E-state index in [2.05, 4.69) is 10.2 Å². The van der Waals surface area contributed by atoms with E-state index in [1.165, 1.54) is 6.07 Å². The van der Waals surface area contributed by atoms with Gasteiger partial charge < -0.3 is 10.0 Å². The molecule has 10 nitrogen and oxygen atoms in total. The van der Waals surface area contributed by atoms with Crippen LogP contribution in [0.15, 0.2) is 60.7 Å². The monoisotopic (exact) mass is 677 g/mol. The summed E-state index contributed by atoms with van der Waals surface area (Å²) >= 11 is 12.9. The Balaban J connectivity index is 1.57. The summed E-state index contributed by atoms with van der Waals surface area (Å²) in [5.41, 5.74) is 3.17. The zero-order valence-electron chi connectivity index (χ0n) is 24.0. The number of amides is 2. The molecular formula is C31H30Cl2FN3O7S. The lowest BCUT2D eigenvalue weighted by molar-refractivity contribution is -0.138. The predicted molar refractivity (Wildman–Crippen MR) is 165 cm³/mol. The number of benzene rings is 3. The van der Waals surface area contributed by atoms with E-state index in [9.17, 15) is 32.3 Å². The number of sulfonamides is 1. The number of fused-ring (bicyclic) bond motifs is 1. The first kappa shape index (κ1) is 32.8. The van der Waals surface area contributed by atoms with E-state index in [0.29, 0.717) is 29.0 Å². The number of nitrogens with zero attached hydrogens (tertiary/aromatic N) is 1. The summed E-state index contributed by atoms with van der Waals surface area (Å²) in [6.45, 7) is -0.481. The van der Waals surface area contributed by atoms with Crippen molar-refractivity contribution in [2.24, 2.45) is 0 Å². The Morgan fingerprint density at radius 3 is 2.49 bits per heavy atom. The van der Waals surface area contributed by atoms with E-state index in [-0.39, 0.29) is 21.7 Å². The van der Waals surface area contributed by atoms with Gasteiger partial charge in [0.1, 0.15) is 12.4 Å². The van der Waals surface area contributed by atoms with Gasteiger partial charge in [-0.3, -0.25) is 14.4 Å². The largest absolute Gasteiger partial charge is 0.478 e. The lowest BCUT2D eigenvalue weighted by Crippen LogP contribution is -2.59. The fraction of sp³-hybridized carbons (Fsp3) is 0.323. The van der Waals surface area contributed by atoms with Crippen molar-refractivity contribution in [2.45, 2.75) is 56.3 Å². The molecule has 238 valence electrons. The molecule has 3 aromatic carbocycles. The molecule has 3 aromatic rings. The zero-order chi connectivity index (χ0) is 32.5. The van der Waals surface area contributed by atoms with Gasteiger partial charge in [0.2, 0.25) is 10.0 Å². The van der Waals surface area contributed by atoms with Crippen molar-refractivity contribution in [3.8, 4) is 0 Å². The van der Waals surface area contributed by atoms with Crippen LogP contribution >= 0.6 is 23.2 Å². The lowest BCUT2D eigenvalue weighted by Gasteiger charge is -2.49. The average molecular weight is 679 g/mol. The highest BCUT2D eigenvalue weighted by molar-refractivity contribution is 7.88. The van der Waals surface area contributed by atoms with Crippen molar-refractivity contribution >= 4 is 51.0 Å². The smallest absolute Gasteiger partial charge is 0.335 e. The standard InChI is InChI=1S/C31H30Cl2FN3O7S/c1-45(42,43)36-25-8-4-5-9-26(25)37-28(22-12-11-19(32)15-23(22)33)27(20-6-2-3-7-21(20)30(37)39)29(38)35-44-16-18-14-17(31(40)41)10-13-24(18)34/h2-3,6-7,10-15,25-28,36H,4-5,8-9,16H2,1H3,(H,35,38)(H,40,41)/t25-,26-,27+,28-/m0/s1. The predicted octanol–water partition coefficient (Wildman–Crippen LogP) is 5.22. The Kier molecular flexibility index (Phi) is 9.80. The normalized spacial score (nSPS) is 21.7. The zero-order valence-corrected chi connectivity index (χ0v) is 26.3. The number of hydrogen-bond acceptors (Lipinski definition) is 6. The van der Waals surface area contributed by atoms with Crippen molar-refractivity contribution in [3.63, 3.8) is 0 Å². The van der Waals surface area contributed by atoms with E-state index in [1.54, 1.807) is 41.3 Å². The van der Waals surface area contributed by atoms with E-state index >= 15 is 0 Å². The molecule has 1 fully saturated rings. The first-order valence-corrected chi connectivity index (χ1v) is 16.8. The third kappa shape index (κ3) is 7.15. The SMILES string of the molecule is CS(=O)(=O)N[C@H]1CCCC[C@@H]1N1C(=O)c2ccccc2[C@@H](C(=O)NOCc2cc(C(=O)O)ccc2F)[C@@H]1c1ccc(Cl)cc1Cl. The molecule has 0 spiro atoms. The van der Waals surface area contributed by atoms with Crippen molar-refractivity contribution < 1.29 is 37.1 Å². The molecular weight excluding hydrogens is 648 g/mol. The first-order chi connectivity index (χ1) is 21.4. The van der Waals surface area contributed by atoms with Crippen molar-refractivity contribution in [2.75, 3.05) is 6.26 Å². The Labute approximate surface area is 269 Å². The summed E-state index contributed by atoms with van der Waals surface area (Å²) in [5, 5.41) is 9.80. The number of halogens is 3. The molecule has 45 heavy (non-hydrogen) atoms. The van der Waals surface area contributed by atoms with Gasteiger partial charge in [0.25, 0.3) is 11.8 Å². The van der Waals surface area contributed by atoms with Crippen LogP contribution in [0.1, 0.15) is 75.0 Å². The van der Waals surface area contributed by atoms with Crippen LogP contribution < -0.4 is 10.2 Å². The summed E-state index contributed by atoms with van der Waals surface area (Å²) in [6.07, 6.45) is 3.46. The van der Waals surface area contributed by atoms with Crippen molar-refractivity contribution in [1.82, 2.24) is 15.1 Å². The molecule has 1 saturated carbocycles. The second-order valence-corrected chi connectivity index (χ2v) is 13.7. The van der Waals surface area contributed by atoms with Gasteiger partial charge in [-0.25, -0.2) is 27.8 Å². The van der Waals surface area contributed by atoms with Gasteiger partial charge in [0.15, 0.2) is 0 Å². The highest BCUT2D eigenvalue weighted by atomic mass is 35.5. The lowest BCUT2D eigenvalue weighted by atomic mass is 9.76. The second kappa shape index (κ2) is 13.4. The van der Waals surface area contributed by atoms with Crippen LogP contribution in [0.2, 0.25) is 10.0 Å². The first-order valence-electron chi connectivity index (χ1n) is 14.1. The van der Waals surface area contributed by atoms with Gasteiger partial charge in [-0.05, 0) is 60.4 Å². The van der Waals surface area contributed by atoms with E-state index in [1.807, 2.05) is 0 Å². The molecule has 0 aromatic heterocycles. The molecule has 4 atom stereocenters. The Bertz CT molecular complexity index is 1760. The molecule has 14 heteroatoms. The van der Waals surface area contributed by atoms with Gasteiger partial charge in [-0.2, -0.15) is 0 Å². The van der Waals surface area contributed by atoms with Crippen LogP contribution in [0, 0.1) is 5.82 Å². The molecule has 0 saturated heterocycles. The number of carboxylic acid groups (broad SMARTS) is 1. The number of aromatic carboxylic acids is 1. The summed E-state index contributed by atoms with van der Waals surface area (Å²) in [6, 6.07) is 12.3. The van der Waals surface area contributed by atoms with Crippen LogP contribution in [0.5, 0.6) is 0 Å². The van der Waals surface area contributed by atoms with Gasteiger partial charge in [-0.1, -0.05) is 60.3 Å². The van der Waals surface area contributed by atoms with Gasteiger partial charge >= 0.3 is 5.97 Å². The summed E-state index contributed by atoms with van der Waals surface area (Å²) in [4.78, 5) is 46.7. The molecule has 0 radical (unpaired) electrons. The molecule has 2 amide bonds. The second-order valence-electron chi connectivity index (χ2n) is 11.1. The van der Waals surface area contributed by atoms with Crippen LogP contribution in [0.4, 0.5) is 4.39 Å². The quantitative estimate of drug-likeness (QED) is 0.264. The molecule has 2 aliphatic rings. The number of carbonyl (C=O) groups is 3. The Morgan fingerprint density at radius 1 is 1.04 bits per heavy atom. The average Bonchev–Trinajstić information content (AvgIpc) is 2.98. The molecule has 0 bridgehead atoms. The third-order valence-corrected chi connectivity index (χ3v) is 9.38. The fourth-order valence-corrected chi connectivity index (χ4v) is 7.54. The molecule has 0 unspecified atom stereocenters. The van der Waals surface area contributed by atoms with Crippen LogP contribution in [0.3, 0.4) is 0 Å². The summed E-state index contributed by atoms with van der Waals surface area (Å²) in [7, 11) is -3.65. The number of rotatable bonds is 9. The maximum atomic E-state index is 14.4.